The van der Waals surface area contributed by atoms with Crippen LogP contribution in [0.25, 0.3) is 0 Å². The number of nitrogens with zero attached hydrogens (tertiary/aromatic N) is 2. The number of hydrogen-bond acceptors (Lipinski definition) is 4. The summed E-state index contributed by atoms with van der Waals surface area (Å²) in [4.78, 5) is 5.88. The number of alkyl halides is 3. The lowest BCUT2D eigenvalue weighted by atomic mass is 9.95. The van der Waals surface area contributed by atoms with Gasteiger partial charge in [0.25, 0.3) is 0 Å². The van der Waals surface area contributed by atoms with Crippen molar-refractivity contribution in [3.63, 3.8) is 0 Å². The molecule has 0 radical (unpaired) electrons. The topological polar surface area (TPSA) is 28.2 Å². The molecule has 0 fully saturated rings. The van der Waals surface area contributed by atoms with Crippen LogP contribution in [0.2, 0.25) is 0 Å². The number of nitrogens with one attached hydrogen (secondary N) is 1. The molecule has 0 bridgehead atoms. The predicted molar refractivity (Wildman–Crippen MR) is 96.3 cm³/mol. The third kappa shape index (κ3) is 3.81. The van der Waals surface area contributed by atoms with Gasteiger partial charge in [0.1, 0.15) is 0 Å². The minimum atomic E-state index is -4.42. The predicted octanol–water partition coefficient (Wildman–Crippen LogP) is 6.05. The smallest absolute Gasteiger partial charge is 0.343 e. The maximum atomic E-state index is 12.7. The van der Waals surface area contributed by atoms with Crippen LogP contribution >= 0.6 is 11.3 Å². The monoisotopic (exact) mass is 367 g/mol. The lowest BCUT2D eigenvalue weighted by Gasteiger charge is -2.27. The molecule has 1 aliphatic rings. The average Bonchev–Trinajstić information content (AvgIpc) is 3.11. The second kappa shape index (κ2) is 6.37. The quantitative estimate of drug-likeness (QED) is 0.713. The molecule has 0 atom stereocenters. The van der Waals surface area contributed by atoms with E-state index < -0.39 is 11.9 Å². The van der Waals surface area contributed by atoms with Crippen LogP contribution in [0.4, 0.5) is 29.7 Å². The van der Waals surface area contributed by atoms with Crippen molar-refractivity contribution in [1.29, 1.82) is 0 Å². The van der Waals surface area contributed by atoms with E-state index in [1.165, 1.54) is 5.70 Å². The van der Waals surface area contributed by atoms with Crippen LogP contribution < -0.4 is 10.2 Å². The van der Waals surface area contributed by atoms with Crippen LogP contribution in [0.3, 0.4) is 0 Å². The number of thiazole rings is 1. The van der Waals surface area contributed by atoms with Crippen LogP contribution in [0.5, 0.6) is 0 Å². The van der Waals surface area contributed by atoms with Crippen LogP contribution in [0, 0.1) is 5.41 Å². The molecule has 1 aromatic heterocycles. The third-order valence-corrected chi connectivity index (χ3v) is 4.82. The van der Waals surface area contributed by atoms with Crippen LogP contribution in [-0.4, -0.2) is 11.5 Å². The van der Waals surface area contributed by atoms with E-state index in [2.05, 4.69) is 42.0 Å². The van der Waals surface area contributed by atoms with Gasteiger partial charge in [0.05, 0.1) is 11.4 Å². The number of benzene rings is 1. The molecule has 0 amide bonds. The Balaban J connectivity index is 1.90. The SMILES string of the molecule is CCC1=CC(C)(C)CN1c1ccccc1Nc1nc(C(F)(F)F)cs1. The van der Waals surface area contributed by atoms with E-state index in [1.807, 2.05) is 24.3 Å². The lowest BCUT2D eigenvalue weighted by Crippen LogP contribution is -2.25. The van der Waals surface area contributed by atoms with Gasteiger partial charge in [-0.3, -0.25) is 0 Å². The highest BCUT2D eigenvalue weighted by Gasteiger charge is 2.34. The van der Waals surface area contributed by atoms with Crippen molar-refractivity contribution in [3.05, 3.63) is 47.1 Å². The summed E-state index contributed by atoms with van der Waals surface area (Å²) in [5, 5.41) is 4.32. The summed E-state index contributed by atoms with van der Waals surface area (Å²) >= 11 is 0.953. The molecule has 0 aliphatic carbocycles. The molecule has 7 heteroatoms. The molecule has 3 nitrogen and oxygen atoms in total. The summed E-state index contributed by atoms with van der Waals surface area (Å²) in [7, 11) is 0. The van der Waals surface area contributed by atoms with E-state index in [0.29, 0.717) is 0 Å². The normalized spacial score (nSPS) is 16.9. The molecular formula is C18H20F3N3S. The van der Waals surface area contributed by atoms with Crippen molar-refractivity contribution in [3.8, 4) is 0 Å². The molecule has 0 spiro atoms. The fraction of sp³-hybridized carbons (Fsp3) is 0.389. The maximum absolute atomic E-state index is 12.7. The summed E-state index contributed by atoms with van der Waals surface area (Å²) in [5.74, 6) is 0. The largest absolute Gasteiger partial charge is 0.434 e. The van der Waals surface area contributed by atoms with Crippen molar-refractivity contribution in [2.45, 2.75) is 33.4 Å². The van der Waals surface area contributed by atoms with E-state index in [-0.39, 0.29) is 10.5 Å². The molecule has 2 heterocycles. The fourth-order valence-corrected chi connectivity index (χ4v) is 3.74. The number of aromatic nitrogens is 1. The zero-order valence-corrected chi connectivity index (χ0v) is 15.1. The Morgan fingerprint density at radius 1 is 1.28 bits per heavy atom. The zero-order chi connectivity index (χ0) is 18.2. The molecular weight excluding hydrogens is 347 g/mol. The Morgan fingerprint density at radius 2 is 2.00 bits per heavy atom. The first-order chi connectivity index (χ1) is 11.7. The fourth-order valence-electron chi connectivity index (χ4n) is 3.01. The van der Waals surface area contributed by atoms with Gasteiger partial charge in [0.2, 0.25) is 0 Å². The van der Waals surface area contributed by atoms with Crippen LogP contribution in [-0.2, 0) is 6.18 Å². The zero-order valence-electron chi connectivity index (χ0n) is 14.3. The van der Waals surface area contributed by atoms with Crippen LogP contribution in [0.15, 0.2) is 41.4 Å². The highest BCUT2D eigenvalue weighted by Crippen LogP contribution is 2.40. The van der Waals surface area contributed by atoms with Crippen molar-refractivity contribution in [2.24, 2.45) is 5.41 Å². The lowest BCUT2D eigenvalue weighted by molar-refractivity contribution is -0.140. The van der Waals surface area contributed by atoms with Gasteiger partial charge in [0.15, 0.2) is 10.8 Å². The molecule has 0 saturated heterocycles. The molecule has 134 valence electrons. The van der Waals surface area contributed by atoms with Gasteiger partial charge < -0.3 is 10.2 Å². The van der Waals surface area contributed by atoms with Crippen molar-refractivity contribution in [1.82, 2.24) is 4.98 Å². The molecule has 0 saturated carbocycles. The van der Waals surface area contributed by atoms with Gasteiger partial charge >= 0.3 is 6.18 Å². The van der Waals surface area contributed by atoms with E-state index in [1.54, 1.807) is 0 Å². The highest BCUT2D eigenvalue weighted by molar-refractivity contribution is 7.13. The second-order valence-corrected chi connectivity index (χ2v) is 7.60. The molecule has 1 aromatic carbocycles. The summed E-state index contributed by atoms with van der Waals surface area (Å²) in [6.45, 7) is 7.29. The minimum Gasteiger partial charge on any atom is -0.343 e. The summed E-state index contributed by atoms with van der Waals surface area (Å²) < 4.78 is 38.2. The van der Waals surface area contributed by atoms with Crippen molar-refractivity contribution >= 4 is 27.8 Å². The number of halogens is 3. The molecule has 2 aromatic rings. The van der Waals surface area contributed by atoms with Gasteiger partial charge in [0, 0.05) is 23.0 Å². The Morgan fingerprint density at radius 3 is 2.64 bits per heavy atom. The first kappa shape index (κ1) is 17.8. The van der Waals surface area contributed by atoms with Gasteiger partial charge in [-0.2, -0.15) is 13.2 Å². The van der Waals surface area contributed by atoms with Crippen molar-refractivity contribution in [2.75, 3.05) is 16.8 Å². The number of hydrogen-bond donors (Lipinski definition) is 1. The van der Waals surface area contributed by atoms with Gasteiger partial charge in [-0.25, -0.2) is 4.98 Å². The Bertz CT molecular complexity index is 793. The molecule has 25 heavy (non-hydrogen) atoms. The first-order valence-electron chi connectivity index (χ1n) is 8.08. The van der Waals surface area contributed by atoms with Gasteiger partial charge in [-0.05, 0) is 18.6 Å². The Kier molecular flexibility index (Phi) is 4.53. The van der Waals surface area contributed by atoms with E-state index in [0.717, 1.165) is 41.1 Å². The number of allylic oxidation sites excluding steroid dienone is 1. The molecule has 0 unspecified atom stereocenters. The molecule has 3 rings (SSSR count). The first-order valence-corrected chi connectivity index (χ1v) is 8.95. The van der Waals surface area contributed by atoms with E-state index in [9.17, 15) is 13.2 Å². The van der Waals surface area contributed by atoms with Crippen molar-refractivity contribution < 1.29 is 13.2 Å². The minimum absolute atomic E-state index is 0.0586. The summed E-state index contributed by atoms with van der Waals surface area (Å²) in [5.41, 5.74) is 2.11. The Hall–Kier alpha value is -2.02. The number of para-hydroxylation sites is 2. The van der Waals surface area contributed by atoms with Crippen LogP contribution in [0.1, 0.15) is 32.9 Å². The molecule has 1 N–H and O–H groups in total. The van der Waals surface area contributed by atoms with E-state index in [4.69, 9.17) is 0 Å². The Labute approximate surface area is 149 Å². The number of rotatable bonds is 4. The molecule has 1 aliphatic heterocycles. The average molecular weight is 367 g/mol. The third-order valence-electron chi connectivity index (χ3n) is 4.06. The van der Waals surface area contributed by atoms with E-state index >= 15 is 0 Å². The highest BCUT2D eigenvalue weighted by atomic mass is 32.1. The number of anilines is 3. The summed E-state index contributed by atoms with van der Waals surface area (Å²) in [6.07, 6.45) is -1.27. The van der Waals surface area contributed by atoms with Gasteiger partial charge in [-0.1, -0.05) is 39.0 Å². The van der Waals surface area contributed by atoms with Gasteiger partial charge in [-0.15, -0.1) is 11.3 Å². The standard InChI is InChI=1S/C18H20F3N3S/c1-4-12-9-17(2,3)11-24(12)14-8-6-5-7-13(14)22-16-23-15(10-25-16)18(19,20)21/h5-10H,4,11H2,1-3H3,(H,22,23). The second-order valence-electron chi connectivity index (χ2n) is 6.74. The maximum Gasteiger partial charge on any atom is 0.434 e. The summed E-state index contributed by atoms with van der Waals surface area (Å²) in [6, 6.07) is 7.64.